The van der Waals surface area contributed by atoms with E-state index < -0.39 is 0 Å². The van der Waals surface area contributed by atoms with E-state index in [0.717, 1.165) is 31.4 Å². The van der Waals surface area contributed by atoms with E-state index in [9.17, 15) is 0 Å². The molecule has 0 radical (unpaired) electrons. The van der Waals surface area contributed by atoms with Gasteiger partial charge in [0.15, 0.2) is 0 Å². The van der Waals surface area contributed by atoms with E-state index >= 15 is 0 Å². The Balaban J connectivity index is 1.94. The van der Waals surface area contributed by atoms with E-state index in [2.05, 4.69) is 23.5 Å². The molecule has 1 saturated carbocycles. The highest BCUT2D eigenvalue weighted by Gasteiger charge is 2.24. The van der Waals surface area contributed by atoms with E-state index in [4.69, 9.17) is 4.74 Å². The maximum Gasteiger partial charge on any atom is 0.124 e. The standard InChI is InChI=1S/C12H15NO/c1-2-9(1)10-3-4-11-8-13-5-6-14-12(11)7-10/h3-4,7,9,13H,1-2,5-6,8H2. The maximum absolute atomic E-state index is 5.70. The molecular weight excluding hydrogens is 174 g/mol. The molecule has 0 spiro atoms. The van der Waals surface area contributed by atoms with Gasteiger partial charge in [0, 0.05) is 18.7 Å². The van der Waals surface area contributed by atoms with Crippen molar-refractivity contribution in [3.05, 3.63) is 29.3 Å². The Morgan fingerprint density at radius 1 is 1.29 bits per heavy atom. The van der Waals surface area contributed by atoms with Crippen LogP contribution in [0.4, 0.5) is 0 Å². The lowest BCUT2D eigenvalue weighted by Gasteiger charge is -2.08. The first-order chi connectivity index (χ1) is 6.93. The van der Waals surface area contributed by atoms with Gasteiger partial charge in [0.25, 0.3) is 0 Å². The molecule has 74 valence electrons. The van der Waals surface area contributed by atoms with Gasteiger partial charge in [0.05, 0.1) is 0 Å². The molecule has 1 aromatic carbocycles. The van der Waals surface area contributed by atoms with Crippen molar-refractivity contribution in [1.82, 2.24) is 5.32 Å². The lowest BCUT2D eigenvalue weighted by atomic mass is 10.1. The minimum absolute atomic E-state index is 0.793. The summed E-state index contributed by atoms with van der Waals surface area (Å²) in [5.74, 6) is 1.92. The number of hydrogen-bond donors (Lipinski definition) is 1. The molecule has 1 fully saturated rings. The monoisotopic (exact) mass is 189 g/mol. The van der Waals surface area contributed by atoms with Crippen LogP contribution in [0.15, 0.2) is 18.2 Å². The van der Waals surface area contributed by atoms with Crippen LogP contribution in [0.2, 0.25) is 0 Å². The highest BCUT2D eigenvalue weighted by molar-refractivity contribution is 5.40. The molecule has 1 heterocycles. The van der Waals surface area contributed by atoms with Gasteiger partial charge < -0.3 is 10.1 Å². The summed E-state index contributed by atoms with van der Waals surface area (Å²) in [6.45, 7) is 2.69. The summed E-state index contributed by atoms with van der Waals surface area (Å²) in [5.41, 5.74) is 2.76. The molecule has 0 unspecified atom stereocenters. The van der Waals surface area contributed by atoms with E-state index in [1.807, 2.05) is 0 Å². The summed E-state index contributed by atoms with van der Waals surface area (Å²) in [5, 5.41) is 3.34. The number of ether oxygens (including phenoxy) is 1. The molecule has 0 aromatic heterocycles. The van der Waals surface area contributed by atoms with Crippen molar-refractivity contribution >= 4 is 0 Å². The zero-order chi connectivity index (χ0) is 9.38. The Morgan fingerprint density at radius 2 is 2.21 bits per heavy atom. The van der Waals surface area contributed by atoms with Crippen molar-refractivity contribution in [1.29, 1.82) is 0 Å². The first-order valence-corrected chi connectivity index (χ1v) is 5.40. The van der Waals surface area contributed by atoms with E-state index in [0.29, 0.717) is 0 Å². The van der Waals surface area contributed by atoms with Crippen molar-refractivity contribution in [2.75, 3.05) is 13.2 Å². The molecule has 14 heavy (non-hydrogen) atoms. The van der Waals surface area contributed by atoms with Crippen LogP contribution in [0.5, 0.6) is 5.75 Å². The van der Waals surface area contributed by atoms with Gasteiger partial charge in [-0.25, -0.2) is 0 Å². The van der Waals surface area contributed by atoms with Gasteiger partial charge in [0.2, 0.25) is 0 Å². The van der Waals surface area contributed by atoms with Gasteiger partial charge >= 0.3 is 0 Å². The number of hydrogen-bond acceptors (Lipinski definition) is 2. The van der Waals surface area contributed by atoms with E-state index in [1.54, 1.807) is 0 Å². The fourth-order valence-corrected chi connectivity index (χ4v) is 1.98. The van der Waals surface area contributed by atoms with Crippen molar-refractivity contribution in [2.45, 2.75) is 25.3 Å². The predicted octanol–water partition coefficient (Wildman–Crippen LogP) is 2.05. The summed E-state index contributed by atoms with van der Waals surface area (Å²) >= 11 is 0. The van der Waals surface area contributed by atoms with Gasteiger partial charge in [-0.3, -0.25) is 0 Å². The van der Waals surface area contributed by atoms with Crippen LogP contribution in [0.1, 0.15) is 29.9 Å². The van der Waals surface area contributed by atoms with Crippen LogP contribution in [0.25, 0.3) is 0 Å². The van der Waals surface area contributed by atoms with Crippen LogP contribution in [0.3, 0.4) is 0 Å². The second-order valence-electron chi connectivity index (χ2n) is 4.17. The van der Waals surface area contributed by atoms with Crippen LogP contribution in [0, 0.1) is 0 Å². The van der Waals surface area contributed by atoms with Crippen molar-refractivity contribution in [2.24, 2.45) is 0 Å². The fourth-order valence-electron chi connectivity index (χ4n) is 1.98. The smallest absolute Gasteiger partial charge is 0.124 e. The van der Waals surface area contributed by atoms with Crippen molar-refractivity contribution in [3.8, 4) is 5.75 Å². The molecule has 0 amide bonds. The summed E-state index contributed by atoms with van der Waals surface area (Å²) in [6, 6.07) is 6.70. The average Bonchev–Trinajstić information content (AvgIpc) is 3.04. The third kappa shape index (κ3) is 1.50. The Bertz CT molecular complexity index is 344. The summed E-state index contributed by atoms with van der Waals surface area (Å²) in [4.78, 5) is 0. The van der Waals surface area contributed by atoms with Crippen LogP contribution >= 0.6 is 0 Å². The average molecular weight is 189 g/mol. The topological polar surface area (TPSA) is 21.3 Å². The van der Waals surface area contributed by atoms with Gasteiger partial charge in [-0.05, 0) is 30.4 Å². The quantitative estimate of drug-likeness (QED) is 0.730. The zero-order valence-corrected chi connectivity index (χ0v) is 8.25. The van der Waals surface area contributed by atoms with Gasteiger partial charge in [-0.1, -0.05) is 12.1 Å². The lowest BCUT2D eigenvalue weighted by molar-refractivity contribution is 0.325. The molecule has 1 aliphatic carbocycles. The van der Waals surface area contributed by atoms with Crippen LogP contribution < -0.4 is 10.1 Å². The molecule has 1 aromatic rings. The normalized spacial score (nSPS) is 20.9. The predicted molar refractivity (Wildman–Crippen MR) is 55.6 cm³/mol. The molecule has 2 nitrogen and oxygen atoms in total. The maximum atomic E-state index is 5.70. The van der Waals surface area contributed by atoms with Crippen molar-refractivity contribution in [3.63, 3.8) is 0 Å². The minimum Gasteiger partial charge on any atom is -0.492 e. The molecule has 0 saturated heterocycles. The minimum atomic E-state index is 0.793. The Kier molecular flexibility index (Phi) is 1.95. The highest BCUT2D eigenvalue weighted by atomic mass is 16.5. The molecule has 0 atom stereocenters. The molecular formula is C12H15NO. The summed E-state index contributed by atoms with van der Waals surface area (Å²) in [6.07, 6.45) is 2.72. The first kappa shape index (κ1) is 8.30. The van der Waals surface area contributed by atoms with Gasteiger partial charge in [-0.2, -0.15) is 0 Å². The Morgan fingerprint density at radius 3 is 3.07 bits per heavy atom. The van der Waals surface area contributed by atoms with Crippen molar-refractivity contribution < 1.29 is 4.74 Å². The molecule has 1 N–H and O–H groups in total. The number of nitrogens with one attached hydrogen (secondary N) is 1. The number of rotatable bonds is 1. The largest absolute Gasteiger partial charge is 0.492 e. The number of benzene rings is 1. The lowest BCUT2D eigenvalue weighted by Crippen LogP contribution is -2.16. The highest BCUT2D eigenvalue weighted by Crippen LogP contribution is 2.41. The van der Waals surface area contributed by atoms with Crippen LogP contribution in [-0.2, 0) is 6.54 Å². The molecule has 2 heteroatoms. The van der Waals surface area contributed by atoms with E-state index in [-0.39, 0.29) is 0 Å². The SMILES string of the molecule is c1cc2c(cc1C1CC1)OCCNC2. The first-order valence-electron chi connectivity index (χ1n) is 5.40. The Labute approximate surface area is 84.3 Å². The molecule has 2 aliphatic rings. The number of fused-ring (bicyclic) bond motifs is 1. The second-order valence-corrected chi connectivity index (χ2v) is 4.17. The fraction of sp³-hybridized carbons (Fsp3) is 0.500. The molecule has 3 rings (SSSR count). The molecule has 0 bridgehead atoms. The van der Waals surface area contributed by atoms with Gasteiger partial charge in [0.1, 0.15) is 12.4 Å². The second kappa shape index (κ2) is 3.28. The van der Waals surface area contributed by atoms with Crippen LogP contribution in [-0.4, -0.2) is 13.2 Å². The Hall–Kier alpha value is -1.02. The summed E-state index contributed by atoms with van der Waals surface area (Å²) < 4.78 is 5.70. The third-order valence-electron chi connectivity index (χ3n) is 2.99. The van der Waals surface area contributed by atoms with E-state index in [1.165, 1.54) is 24.0 Å². The third-order valence-corrected chi connectivity index (χ3v) is 2.99. The zero-order valence-electron chi connectivity index (χ0n) is 8.25. The summed E-state index contributed by atoms with van der Waals surface area (Å²) in [7, 11) is 0. The molecule has 1 aliphatic heterocycles. The van der Waals surface area contributed by atoms with Gasteiger partial charge in [-0.15, -0.1) is 0 Å².